The molecule has 224 valence electrons. The minimum Gasteiger partial charge on any atom is -0.312 e. The molecule has 3 aromatic rings. The van der Waals surface area contributed by atoms with E-state index < -0.39 is 32.1 Å². The number of carbonyl (C=O) groups is 2. The van der Waals surface area contributed by atoms with Crippen LogP contribution in [0, 0.1) is 0 Å². The Morgan fingerprint density at radius 2 is 1.71 bits per heavy atom. The smallest absolute Gasteiger partial charge is 0.312 e. The van der Waals surface area contributed by atoms with Crippen molar-refractivity contribution in [3.63, 3.8) is 0 Å². The molecule has 3 heterocycles. The van der Waals surface area contributed by atoms with Crippen LogP contribution in [0.1, 0.15) is 60.5 Å². The first-order chi connectivity index (χ1) is 20.0. The number of nitrogens with zero attached hydrogens (tertiary/aromatic N) is 5. The maximum absolute atomic E-state index is 13.3. The summed E-state index contributed by atoms with van der Waals surface area (Å²) in [5.41, 5.74) is 0.683. The number of anilines is 1. The number of fused-ring (bicyclic) bond motifs is 1. The average Bonchev–Trinajstić information content (AvgIpc) is 2.94. The van der Waals surface area contributed by atoms with Crippen molar-refractivity contribution in [3.8, 4) is 0 Å². The van der Waals surface area contributed by atoms with E-state index in [-0.39, 0.29) is 11.5 Å². The zero-order valence-electron chi connectivity index (χ0n) is 24.1. The highest BCUT2D eigenvalue weighted by Crippen LogP contribution is 2.27. The third kappa shape index (κ3) is 7.21. The average molecular weight is 597 g/mol. The third-order valence-electron chi connectivity index (χ3n) is 7.32. The van der Waals surface area contributed by atoms with Crippen molar-refractivity contribution in [3.05, 3.63) is 86.5 Å². The van der Waals surface area contributed by atoms with Crippen LogP contribution in [0.3, 0.4) is 0 Å². The number of pyridine rings is 1. The van der Waals surface area contributed by atoms with Gasteiger partial charge in [-0.2, -0.15) is 0 Å². The van der Waals surface area contributed by atoms with Crippen molar-refractivity contribution >= 4 is 27.5 Å². The summed E-state index contributed by atoms with van der Waals surface area (Å²) in [6.45, 7) is 3.83. The normalized spacial score (nSPS) is 15.3. The number of sulfonamides is 1. The van der Waals surface area contributed by atoms with Gasteiger partial charge in [-0.3, -0.25) is 28.8 Å². The van der Waals surface area contributed by atoms with Gasteiger partial charge >= 0.3 is 5.69 Å². The van der Waals surface area contributed by atoms with E-state index in [1.54, 1.807) is 29.4 Å². The standard InChI is InChI=1S/C29H36N6O6S/c1-21(36)35-15-8-6-4-5-7-14-34(18-22-10-9-13-30-17-22)19-24-16-23(11-12-25(24)35)27(37)31-42(40,41)26-20-32(2)29(39)33(3)28(26)38/h9-13,16-17,20H,4-8,14-15,18-19H2,1-3H3,(H,31,37). The minimum absolute atomic E-state index is 0.0518. The van der Waals surface area contributed by atoms with Crippen molar-refractivity contribution in [2.75, 3.05) is 18.0 Å². The summed E-state index contributed by atoms with van der Waals surface area (Å²) in [5, 5.41) is 0. The fourth-order valence-corrected chi connectivity index (χ4v) is 6.24. The fraction of sp³-hybridized carbons (Fsp3) is 0.414. The van der Waals surface area contributed by atoms with Gasteiger partial charge in [-0.15, -0.1) is 0 Å². The number of rotatable bonds is 5. The quantitative estimate of drug-likeness (QED) is 0.471. The van der Waals surface area contributed by atoms with Gasteiger partial charge in [0.1, 0.15) is 0 Å². The molecule has 0 unspecified atom stereocenters. The molecule has 2 amide bonds. The summed E-state index contributed by atoms with van der Waals surface area (Å²) in [6.07, 6.45) is 9.35. The Morgan fingerprint density at radius 1 is 1.00 bits per heavy atom. The van der Waals surface area contributed by atoms with Gasteiger partial charge in [-0.25, -0.2) is 17.9 Å². The van der Waals surface area contributed by atoms with E-state index in [0.29, 0.717) is 35.5 Å². The van der Waals surface area contributed by atoms with Crippen molar-refractivity contribution in [1.82, 2.24) is 23.7 Å². The molecule has 12 nitrogen and oxygen atoms in total. The second-order valence-electron chi connectivity index (χ2n) is 10.5. The molecule has 0 saturated heterocycles. The molecular weight excluding hydrogens is 560 g/mol. The molecular formula is C29H36N6O6S. The minimum atomic E-state index is -4.60. The number of aryl methyl sites for hydroxylation is 1. The van der Waals surface area contributed by atoms with E-state index in [4.69, 9.17) is 0 Å². The van der Waals surface area contributed by atoms with Gasteiger partial charge in [0, 0.05) is 70.5 Å². The van der Waals surface area contributed by atoms with Gasteiger partial charge in [0.25, 0.3) is 21.5 Å². The second kappa shape index (κ2) is 13.3. The van der Waals surface area contributed by atoms with Gasteiger partial charge in [-0.1, -0.05) is 25.3 Å². The van der Waals surface area contributed by atoms with Crippen LogP contribution in [-0.4, -0.2) is 52.3 Å². The number of amides is 2. The summed E-state index contributed by atoms with van der Waals surface area (Å²) in [7, 11) is -2.13. The number of benzene rings is 1. The highest BCUT2D eigenvalue weighted by atomic mass is 32.2. The van der Waals surface area contributed by atoms with Crippen LogP contribution in [0.15, 0.2) is 63.4 Å². The lowest BCUT2D eigenvalue weighted by Gasteiger charge is -2.29. The first-order valence-electron chi connectivity index (χ1n) is 13.8. The first kappa shape index (κ1) is 30.8. The molecule has 2 aromatic heterocycles. The van der Waals surface area contributed by atoms with Crippen molar-refractivity contribution < 1.29 is 18.0 Å². The molecule has 42 heavy (non-hydrogen) atoms. The molecule has 1 N–H and O–H groups in total. The van der Waals surface area contributed by atoms with Crippen LogP contribution < -0.4 is 20.9 Å². The fourth-order valence-electron chi connectivity index (χ4n) is 5.10. The van der Waals surface area contributed by atoms with Crippen LogP contribution in [0.25, 0.3) is 0 Å². The Balaban J connectivity index is 1.71. The number of hydrogen-bond donors (Lipinski definition) is 1. The van der Waals surface area contributed by atoms with Gasteiger partial charge in [0.15, 0.2) is 4.90 Å². The molecule has 0 fully saturated rings. The predicted molar refractivity (Wildman–Crippen MR) is 157 cm³/mol. The lowest BCUT2D eigenvalue weighted by Crippen LogP contribution is -2.42. The summed E-state index contributed by atoms with van der Waals surface area (Å²) in [6, 6.07) is 8.59. The zero-order chi connectivity index (χ0) is 30.4. The van der Waals surface area contributed by atoms with Crippen LogP contribution in [0.5, 0.6) is 0 Å². The monoisotopic (exact) mass is 596 g/mol. The molecule has 0 radical (unpaired) electrons. The van der Waals surface area contributed by atoms with Crippen LogP contribution in [-0.2, 0) is 42.0 Å². The molecule has 4 rings (SSSR count). The van der Waals surface area contributed by atoms with E-state index in [1.165, 1.54) is 20.0 Å². The summed E-state index contributed by atoms with van der Waals surface area (Å²) < 4.78 is 29.7. The summed E-state index contributed by atoms with van der Waals surface area (Å²) in [4.78, 5) is 57.9. The van der Waals surface area contributed by atoms with Crippen LogP contribution >= 0.6 is 0 Å². The van der Waals surface area contributed by atoms with Crippen molar-refractivity contribution in [1.29, 1.82) is 0 Å². The first-order valence-corrected chi connectivity index (χ1v) is 15.3. The van der Waals surface area contributed by atoms with Gasteiger partial charge in [0.05, 0.1) is 0 Å². The Hall–Kier alpha value is -4.10. The van der Waals surface area contributed by atoms with Crippen molar-refractivity contribution in [2.45, 2.75) is 57.0 Å². The third-order valence-corrected chi connectivity index (χ3v) is 8.64. The lowest BCUT2D eigenvalue weighted by molar-refractivity contribution is -0.116. The Labute approximate surface area is 244 Å². The molecule has 1 aliphatic rings. The van der Waals surface area contributed by atoms with E-state index in [0.717, 1.165) is 62.0 Å². The molecule has 0 saturated carbocycles. The summed E-state index contributed by atoms with van der Waals surface area (Å²) >= 11 is 0. The SMILES string of the molecule is CC(=O)N1CCCCCCCN(Cc2cccnc2)Cc2cc(C(=O)NS(=O)(=O)c3cn(C)c(=O)n(C)c3=O)ccc21. The Bertz CT molecular complexity index is 1680. The largest absolute Gasteiger partial charge is 0.330 e. The maximum Gasteiger partial charge on any atom is 0.330 e. The van der Waals surface area contributed by atoms with Gasteiger partial charge in [0.2, 0.25) is 5.91 Å². The topological polar surface area (TPSA) is 144 Å². The lowest BCUT2D eigenvalue weighted by atomic mass is 10.0. The van der Waals surface area contributed by atoms with Crippen LogP contribution in [0.2, 0.25) is 0 Å². The predicted octanol–water partition coefficient (Wildman–Crippen LogP) is 1.92. The van der Waals surface area contributed by atoms with E-state index in [2.05, 4.69) is 9.88 Å². The molecule has 1 aliphatic heterocycles. The van der Waals surface area contributed by atoms with Crippen LogP contribution in [0.4, 0.5) is 5.69 Å². The van der Waals surface area contributed by atoms with E-state index in [1.807, 2.05) is 16.9 Å². The Morgan fingerprint density at radius 3 is 2.40 bits per heavy atom. The zero-order valence-corrected chi connectivity index (χ0v) is 24.9. The van der Waals surface area contributed by atoms with E-state index >= 15 is 0 Å². The molecule has 0 aliphatic carbocycles. The highest BCUT2D eigenvalue weighted by molar-refractivity contribution is 7.90. The molecule has 0 spiro atoms. The molecule has 1 aromatic carbocycles. The number of nitrogens with one attached hydrogen (secondary N) is 1. The van der Waals surface area contributed by atoms with E-state index in [9.17, 15) is 27.6 Å². The second-order valence-corrected chi connectivity index (χ2v) is 12.2. The number of aromatic nitrogens is 3. The van der Waals surface area contributed by atoms with Crippen molar-refractivity contribution in [2.24, 2.45) is 14.1 Å². The number of hydrogen-bond acceptors (Lipinski definition) is 8. The van der Waals surface area contributed by atoms with Gasteiger partial charge < -0.3 is 9.47 Å². The maximum atomic E-state index is 13.3. The molecule has 0 bridgehead atoms. The molecule has 0 atom stereocenters. The highest BCUT2D eigenvalue weighted by Gasteiger charge is 2.26. The molecule has 13 heteroatoms. The summed E-state index contributed by atoms with van der Waals surface area (Å²) in [5.74, 6) is -1.06. The Kier molecular flexibility index (Phi) is 9.74. The number of carbonyl (C=O) groups excluding carboxylic acids is 2. The van der Waals surface area contributed by atoms with Gasteiger partial charge in [-0.05, 0) is 54.8 Å².